The van der Waals surface area contributed by atoms with Gasteiger partial charge in [0, 0.05) is 42.7 Å². The van der Waals surface area contributed by atoms with Gasteiger partial charge in [0.05, 0.1) is 23.3 Å². The molecule has 0 radical (unpaired) electrons. The average molecular weight is 665 g/mol. The summed E-state index contributed by atoms with van der Waals surface area (Å²) in [5.41, 5.74) is 3.56. The highest BCUT2D eigenvalue weighted by Gasteiger charge is 2.46. The summed E-state index contributed by atoms with van der Waals surface area (Å²) in [6.07, 6.45) is 9.77. The Balaban J connectivity index is 1.36. The summed E-state index contributed by atoms with van der Waals surface area (Å²) in [6.45, 7) is 6.04. The fraction of sp³-hybridized carbons (Fsp3) is 0.441. The third-order valence-electron chi connectivity index (χ3n) is 8.96. The first-order chi connectivity index (χ1) is 21.8. The van der Waals surface area contributed by atoms with E-state index in [0.717, 1.165) is 43.0 Å². The van der Waals surface area contributed by atoms with Gasteiger partial charge in [-0.15, -0.1) is 0 Å². The summed E-state index contributed by atoms with van der Waals surface area (Å²) in [5, 5.41) is 10.7. The van der Waals surface area contributed by atoms with Gasteiger partial charge < -0.3 is 35.2 Å². The van der Waals surface area contributed by atoms with Crippen LogP contribution in [0.3, 0.4) is 0 Å². The lowest BCUT2D eigenvalue weighted by Crippen LogP contribution is -2.53. The number of para-hydroxylation sites is 1. The molecule has 3 N–H and O–H groups in total. The molecule has 2 aliphatic rings. The Morgan fingerprint density at radius 1 is 1.07 bits per heavy atom. The van der Waals surface area contributed by atoms with E-state index < -0.39 is 7.14 Å². The van der Waals surface area contributed by atoms with Crippen LogP contribution in [0.5, 0.6) is 0 Å². The molecular weight excluding hydrogens is 619 g/mol. The third-order valence-corrected chi connectivity index (χ3v) is 10.8. The van der Waals surface area contributed by atoms with Gasteiger partial charge in [-0.05, 0) is 103 Å². The van der Waals surface area contributed by atoms with E-state index in [1.807, 2.05) is 67.5 Å². The summed E-state index contributed by atoms with van der Waals surface area (Å²) in [5.74, 6) is 0.543. The fourth-order valence-electron chi connectivity index (χ4n) is 6.29. The SMILES string of the molecule is CN(C)C/C=C/C(=O)Nc1cc(Nc2ncc(Cl)c(Nc3ccccc3P(C)(C)=O)n2)ccc1N1CCC2(CC1)CC(N(C)C)C2. The van der Waals surface area contributed by atoms with Gasteiger partial charge in [-0.3, -0.25) is 4.79 Å². The van der Waals surface area contributed by atoms with E-state index in [4.69, 9.17) is 11.6 Å². The maximum absolute atomic E-state index is 13.0. The molecule has 2 aromatic carbocycles. The molecule has 0 unspecified atom stereocenters. The highest BCUT2D eigenvalue weighted by molar-refractivity contribution is 7.70. The highest BCUT2D eigenvalue weighted by atomic mass is 35.5. The number of halogens is 1. The minimum atomic E-state index is -2.55. The summed E-state index contributed by atoms with van der Waals surface area (Å²) in [6, 6.07) is 14.1. The first-order valence-corrected chi connectivity index (χ1v) is 18.7. The van der Waals surface area contributed by atoms with Crippen LogP contribution in [0.4, 0.5) is 34.5 Å². The second-order valence-corrected chi connectivity index (χ2v) is 17.0. The van der Waals surface area contributed by atoms with Crippen molar-refractivity contribution in [3.63, 3.8) is 0 Å². The molecule has 1 aliphatic heterocycles. The predicted molar refractivity (Wildman–Crippen MR) is 192 cm³/mol. The third kappa shape index (κ3) is 8.28. The zero-order chi connectivity index (χ0) is 33.1. The lowest BCUT2D eigenvalue weighted by Gasteiger charge is -2.54. The predicted octanol–water partition coefficient (Wildman–Crippen LogP) is 6.23. The van der Waals surface area contributed by atoms with Crippen molar-refractivity contribution >= 4 is 64.5 Å². The number of anilines is 6. The van der Waals surface area contributed by atoms with Crippen molar-refractivity contribution in [1.29, 1.82) is 0 Å². The first kappa shape index (κ1) is 33.9. The molecule has 1 aliphatic carbocycles. The monoisotopic (exact) mass is 664 g/mol. The van der Waals surface area contributed by atoms with Gasteiger partial charge in [0.25, 0.3) is 0 Å². The number of piperidine rings is 1. The molecule has 246 valence electrons. The molecule has 1 saturated heterocycles. The van der Waals surface area contributed by atoms with Crippen LogP contribution in [-0.2, 0) is 9.36 Å². The van der Waals surface area contributed by atoms with E-state index in [1.165, 1.54) is 19.0 Å². The molecule has 1 aromatic heterocycles. The number of benzene rings is 2. The van der Waals surface area contributed by atoms with E-state index in [9.17, 15) is 9.36 Å². The summed E-state index contributed by atoms with van der Waals surface area (Å²) in [4.78, 5) is 28.7. The maximum atomic E-state index is 13.0. The van der Waals surface area contributed by atoms with Crippen LogP contribution in [0.2, 0.25) is 5.02 Å². The number of hydrogen-bond acceptors (Lipinski definition) is 9. The van der Waals surface area contributed by atoms with Crippen molar-refractivity contribution in [2.75, 3.05) is 82.0 Å². The van der Waals surface area contributed by atoms with Gasteiger partial charge in [0.15, 0.2) is 5.82 Å². The van der Waals surface area contributed by atoms with Gasteiger partial charge in [-0.2, -0.15) is 4.98 Å². The number of rotatable bonds is 11. The fourth-order valence-corrected chi connectivity index (χ4v) is 7.58. The van der Waals surface area contributed by atoms with Gasteiger partial charge in [0.2, 0.25) is 11.9 Å². The topological polar surface area (TPSA) is 106 Å². The smallest absolute Gasteiger partial charge is 0.248 e. The van der Waals surface area contributed by atoms with Crippen molar-refractivity contribution in [2.24, 2.45) is 5.41 Å². The number of carbonyl (C=O) groups is 1. The van der Waals surface area contributed by atoms with E-state index in [1.54, 1.807) is 19.4 Å². The van der Waals surface area contributed by atoms with Crippen molar-refractivity contribution in [1.82, 2.24) is 19.8 Å². The summed E-state index contributed by atoms with van der Waals surface area (Å²) >= 11 is 6.48. The molecule has 12 heteroatoms. The Kier molecular flexibility index (Phi) is 10.4. The number of carbonyl (C=O) groups excluding carboxylic acids is 1. The molecule has 3 aromatic rings. The largest absolute Gasteiger partial charge is 0.370 e. The molecule has 2 heterocycles. The molecule has 10 nitrogen and oxygen atoms in total. The number of nitrogens with one attached hydrogen (secondary N) is 3. The molecule has 1 spiro atoms. The van der Waals surface area contributed by atoms with E-state index >= 15 is 0 Å². The lowest BCUT2D eigenvalue weighted by molar-refractivity contribution is -0.111. The average Bonchev–Trinajstić information content (AvgIpc) is 2.97. The number of amides is 1. The standard InChI is InChI=1S/C34H46ClN8O2P/c1-41(2)17-9-12-31(44)38-28-20-24(13-14-29(28)43-18-15-34(16-19-43)21-25(22-34)42(3)4)37-33-36-23-26(35)32(40-33)39-27-10-7-8-11-30(27)46(5,6)45/h7-14,20,23,25H,15-19,21-22H2,1-6H3,(H,38,44)(H2,36,37,39,40)/b12-9+. The van der Waals surface area contributed by atoms with Crippen molar-refractivity contribution in [2.45, 2.75) is 31.7 Å². The van der Waals surface area contributed by atoms with Gasteiger partial charge in [0.1, 0.15) is 12.2 Å². The summed E-state index contributed by atoms with van der Waals surface area (Å²) < 4.78 is 12.9. The molecule has 0 atom stereocenters. The van der Waals surface area contributed by atoms with Crippen molar-refractivity contribution < 1.29 is 9.36 Å². The Bertz CT molecular complexity index is 1620. The number of nitrogens with zero attached hydrogens (tertiary/aromatic N) is 5. The zero-order valence-corrected chi connectivity index (χ0v) is 29.3. The molecular formula is C34H46ClN8O2P. The Morgan fingerprint density at radius 3 is 2.46 bits per heavy atom. The normalized spacial score (nSPS) is 16.7. The first-order valence-electron chi connectivity index (χ1n) is 15.7. The summed E-state index contributed by atoms with van der Waals surface area (Å²) in [7, 11) is 5.73. The van der Waals surface area contributed by atoms with Crippen LogP contribution < -0.4 is 26.2 Å². The second-order valence-electron chi connectivity index (χ2n) is 13.4. The molecule has 5 rings (SSSR count). The molecule has 2 fully saturated rings. The van der Waals surface area contributed by atoms with Crippen LogP contribution in [0, 0.1) is 5.41 Å². The zero-order valence-electron chi connectivity index (χ0n) is 27.7. The van der Waals surface area contributed by atoms with E-state index in [-0.39, 0.29) is 5.91 Å². The molecule has 1 amide bonds. The number of aromatic nitrogens is 2. The van der Waals surface area contributed by atoms with Crippen LogP contribution in [0.25, 0.3) is 0 Å². The number of likely N-dealkylation sites (N-methyl/N-ethyl adjacent to an activating group) is 1. The van der Waals surface area contributed by atoms with Gasteiger partial charge in [-0.25, -0.2) is 4.98 Å². The minimum absolute atomic E-state index is 0.182. The quantitative estimate of drug-likeness (QED) is 0.162. The Labute approximate surface area is 278 Å². The minimum Gasteiger partial charge on any atom is -0.370 e. The van der Waals surface area contributed by atoms with Crippen molar-refractivity contribution in [3.8, 4) is 0 Å². The molecule has 1 saturated carbocycles. The van der Waals surface area contributed by atoms with E-state index in [2.05, 4.69) is 49.8 Å². The number of hydrogen-bond donors (Lipinski definition) is 3. The van der Waals surface area contributed by atoms with Crippen molar-refractivity contribution in [3.05, 3.63) is 65.8 Å². The van der Waals surface area contributed by atoms with Crippen LogP contribution in [0.1, 0.15) is 25.7 Å². The van der Waals surface area contributed by atoms with Crippen LogP contribution in [0.15, 0.2) is 60.8 Å². The maximum Gasteiger partial charge on any atom is 0.248 e. The van der Waals surface area contributed by atoms with Gasteiger partial charge in [-0.1, -0.05) is 29.8 Å². The van der Waals surface area contributed by atoms with Crippen LogP contribution >= 0.6 is 18.7 Å². The molecule has 0 bridgehead atoms. The highest BCUT2D eigenvalue weighted by Crippen LogP contribution is 2.51. The van der Waals surface area contributed by atoms with E-state index in [0.29, 0.717) is 45.8 Å². The lowest BCUT2D eigenvalue weighted by atomic mass is 9.60. The Morgan fingerprint density at radius 2 is 1.78 bits per heavy atom. The molecule has 46 heavy (non-hydrogen) atoms. The van der Waals surface area contributed by atoms with Gasteiger partial charge >= 0.3 is 0 Å². The Hall–Kier alpha value is -3.43. The second kappa shape index (κ2) is 14.1. The van der Waals surface area contributed by atoms with Crippen LogP contribution in [-0.4, -0.2) is 92.9 Å².